The maximum atomic E-state index is 12.1. The molecule has 1 atom stereocenters. The number of carbonyl (C=O) groups is 2. The number of fused-ring (bicyclic) bond motifs is 1. The minimum atomic E-state index is -0.424. The van der Waals surface area contributed by atoms with Gasteiger partial charge in [-0.15, -0.1) is 0 Å². The highest BCUT2D eigenvalue weighted by Gasteiger charge is 2.26. The van der Waals surface area contributed by atoms with Crippen molar-refractivity contribution in [2.45, 2.75) is 25.2 Å². The molecule has 0 bridgehead atoms. The van der Waals surface area contributed by atoms with Gasteiger partial charge in [-0.2, -0.15) is 0 Å². The highest BCUT2D eigenvalue weighted by Crippen LogP contribution is 2.31. The molecule has 0 radical (unpaired) electrons. The van der Waals surface area contributed by atoms with Crippen LogP contribution in [0.5, 0.6) is 0 Å². The van der Waals surface area contributed by atoms with Gasteiger partial charge in [0.15, 0.2) is 0 Å². The predicted octanol–water partition coefficient (Wildman–Crippen LogP) is 1.40. The van der Waals surface area contributed by atoms with Crippen LogP contribution in [0.1, 0.15) is 29.9 Å². The molecule has 18 heavy (non-hydrogen) atoms. The van der Waals surface area contributed by atoms with E-state index in [0.717, 1.165) is 24.8 Å². The third-order valence-corrected chi connectivity index (χ3v) is 3.32. The van der Waals surface area contributed by atoms with Crippen LogP contribution < -0.4 is 5.32 Å². The van der Waals surface area contributed by atoms with E-state index in [0.29, 0.717) is 0 Å². The molecule has 1 aliphatic rings. The summed E-state index contributed by atoms with van der Waals surface area (Å²) in [4.78, 5) is 23.1. The molecule has 0 fully saturated rings. The van der Waals surface area contributed by atoms with Gasteiger partial charge in [0, 0.05) is 0 Å². The number of nitrogens with one attached hydrogen (secondary N) is 1. The number of methoxy groups -OCH3 is 1. The Morgan fingerprint density at radius 2 is 2.17 bits per heavy atom. The fourth-order valence-electron chi connectivity index (χ4n) is 2.38. The van der Waals surface area contributed by atoms with E-state index in [-0.39, 0.29) is 18.4 Å². The molecule has 1 aromatic carbocycles. The van der Waals surface area contributed by atoms with Gasteiger partial charge in [-0.25, -0.2) is 0 Å². The molecule has 96 valence electrons. The Kier molecular flexibility index (Phi) is 3.97. The van der Waals surface area contributed by atoms with Crippen molar-refractivity contribution in [2.24, 2.45) is 0 Å². The van der Waals surface area contributed by atoms with Crippen LogP contribution in [-0.2, 0) is 20.7 Å². The Morgan fingerprint density at radius 1 is 1.39 bits per heavy atom. The fourth-order valence-corrected chi connectivity index (χ4v) is 2.38. The summed E-state index contributed by atoms with van der Waals surface area (Å²) in [5.74, 6) is -0.653. The molecule has 0 spiro atoms. The van der Waals surface area contributed by atoms with Crippen LogP contribution >= 0.6 is 0 Å². The molecule has 2 rings (SSSR count). The molecule has 4 heteroatoms. The average molecular weight is 247 g/mol. The van der Waals surface area contributed by atoms with Crippen LogP contribution in [-0.4, -0.2) is 25.5 Å². The van der Waals surface area contributed by atoms with E-state index >= 15 is 0 Å². The minimum Gasteiger partial charge on any atom is -0.468 e. The summed E-state index contributed by atoms with van der Waals surface area (Å²) in [5.41, 5.74) is 2.33. The van der Waals surface area contributed by atoms with Crippen molar-refractivity contribution in [2.75, 3.05) is 13.7 Å². The quantitative estimate of drug-likeness (QED) is 0.821. The summed E-state index contributed by atoms with van der Waals surface area (Å²) in [5, 5.41) is 2.63. The van der Waals surface area contributed by atoms with Crippen molar-refractivity contribution in [3.05, 3.63) is 35.4 Å². The Morgan fingerprint density at radius 3 is 2.94 bits per heavy atom. The molecule has 1 amide bonds. The summed E-state index contributed by atoms with van der Waals surface area (Å²) in [6, 6.07) is 8.00. The number of amides is 1. The Labute approximate surface area is 106 Å². The molecule has 0 saturated heterocycles. The standard InChI is InChI=1S/C14H17NO3/c1-18-13(16)9-15-14(17)12-8-4-6-10-5-2-3-7-11(10)12/h2-3,5,7,12H,4,6,8-9H2,1H3,(H,15,17). The van der Waals surface area contributed by atoms with Gasteiger partial charge >= 0.3 is 5.97 Å². The molecular weight excluding hydrogens is 230 g/mol. The van der Waals surface area contributed by atoms with E-state index in [1.54, 1.807) is 0 Å². The first kappa shape index (κ1) is 12.6. The van der Waals surface area contributed by atoms with Gasteiger partial charge in [0.25, 0.3) is 0 Å². The zero-order valence-electron chi connectivity index (χ0n) is 10.4. The van der Waals surface area contributed by atoms with E-state index in [4.69, 9.17) is 0 Å². The summed E-state index contributed by atoms with van der Waals surface area (Å²) < 4.78 is 4.50. The highest BCUT2D eigenvalue weighted by molar-refractivity contribution is 5.87. The van der Waals surface area contributed by atoms with E-state index < -0.39 is 5.97 Å². The van der Waals surface area contributed by atoms with Crippen LogP contribution in [0.4, 0.5) is 0 Å². The lowest BCUT2D eigenvalue weighted by atomic mass is 9.82. The number of hydrogen-bond donors (Lipinski definition) is 1. The molecule has 0 saturated carbocycles. The lowest BCUT2D eigenvalue weighted by molar-refractivity contribution is -0.141. The first-order valence-electron chi connectivity index (χ1n) is 6.14. The van der Waals surface area contributed by atoms with Crippen LogP contribution in [0, 0.1) is 0 Å². The lowest BCUT2D eigenvalue weighted by Gasteiger charge is -2.24. The molecule has 1 aromatic rings. The number of ether oxygens (including phenoxy) is 1. The van der Waals surface area contributed by atoms with Crippen molar-refractivity contribution in [1.29, 1.82) is 0 Å². The van der Waals surface area contributed by atoms with Gasteiger partial charge in [0.1, 0.15) is 6.54 Å². The molecule has 0 aliphatic heterocycles. The van der Waals surface area contributed by atoms with Crippen LogP contribution in [0.3, 0.4) is 0 Å². The van der Waals surface area contributed by atoms with Gasteiger partial charge in [-0.05, 0) is 30.4 Å². The minimum absolute atomic E-state index is 0.0615. The number of esters is 1. The first-order chi connectivity index (χ1) is 8.72. The normalized spacial score (nSPS) is 17.7. The summed E-state index contributed by atoms with van der Waals surface area (Å²) in [6.45, 7) is -0.0615. The monoisotopic (exact) mass is 247 g/mol. The fraction of sp³-hybridized carbons (Fsp3) is 0.429. The van der Waals surface area contributed by atoms with Gasteiger partial charge in [-0.1, -0.05) is 24.3 Å². The third kappa shape index (κ3) is 2.70. The maximum absolute atomic E-state index is 12.1. The second-order valence-corrected chi connectivity index (χ2v) is 4.44. The van der Waals surface area contributed by atoms with E-state index in [1.165, 1.54) is 12.7 Å². The molecule has 4 nitrogen and oxygen atoms in total. The van der Waals surface area contributed by atoms with Gasteiger partial charge < -0.3 is 10.1 Å². The maximum Gasteiger partial charge on any atom is 0.325 e. The van der Waals surface area contributed by atoms with E-state index in [9.17, 15) is 9.59 Å². The SMILES string of the molecule is COC(=O)CNC(=O)C1CCCc2ccccc21. The van der Waals surface area contributed by atoms with Crippen LogP contribution in [0.2, 0.25) is 0 Å². The Hall–Kier alpha value is -1.84. The molecule has 1 aliphatic carbocycles. The topological polar surface area (TPSA) is 55.4 Å². The van der Waals surface area contributed by atoms with Crippen molar-refractivity contribution >= 4 is 11.9 Å². The predicted molar refractivity (Wildman–Crippen MR) is 67.1 cm³/mol. The van der Waals surface area contributed by atoms with Crippen molar-refractivity contribution < 1.29 is 14.3 Å². The molecule has 1 unspecified atom stereocenters. The number of aryl methyl sites for hydroxylation is 1. The Bertz CT molecular complexity index is 456. The molecule has 0 heterocycles. The average Bonchev–Trinajstić information content (AvgIpc) is 2.43. The smallest absolute Gasteiger partial charge is 0.325 e. The van der Waals surface area contributed by atoms with Crippen LogP contribution in [0.25, 0.3) is 0 Å². The second-order valence-electron chi connectivity index (χ2n) is 4.44. The van der Waals surface area contributed by atoms with Crippen molar-refractivity contribution in [3.8, 4) is 0 Å². The highest BCUT2D eigenvalue weighted by atomic mass is 16.5. The van der Waals surface area contributed by atoms with Crippen LogP contribution in [0.15, 0.2) is 24.3 Å². The number of hydrogen-bond acceptors (Lipinski definition) is 3. The van der Waals surface area contributed by atoms with Gasteiger partial charge in [0.2, 0.25) is 5.91 Å². The molecule has 0 aromatic heterocycles. The van der Waals surface area contributed by atoms with E-state index in [2.05, 4.69) is 16.1 Å². The van der Waals surface area contributed by atoms with E-state index in [1.807, 2.05) is 18.2 Å². The number of benzene rings is 1. The second kappa shape index (κ2) is 5.67. The summed E-state index contributed by atoms with van der Waals surface area (Å²) in [6.07, 6.45) is 2.87. The van der Waals surface area contributed by atoms with Crippen molar-refractivity contribution in [3.63, 3.8) is 0 Å². The van der Waals surface area contributed by atoms with Gasteiger partial charge in [-0.3, -0.25) is 9.59 Å². The van der Waals surface area contributed by atoms with Crippen molar-refractivity contribution in [1.82, 2.24) is 5.32 Å². The first-order valence-corrected chi connectivity index (χ1v) is 6.14. The zero-order valence-corrected chi connectivity index (χ0v) is 10.4. The number of rotatable bonds is 3. The number of carbonyl (C=O) groups excluding carboxylic acids is 2. The molecule has 1 N–H and O–H groups in total. The third-order valence-electron chi connectivity index (χ3n) is 3.32. The zero-order chi connectivity index (χ0) is 13.0. The molecular formula is C14H17NO3. The summed E-state index contributed by atoms with van der Waals surface area (Å²) in [7, 11) is 1.31. The Balaban J connectivity index is 2.06. The van der Waals surface area contributed by atoms with Gasteiger partial charge in [0.05, 0.1) is 13.0 Å². The summed E-state index contributed by atoms with van der Waals surface area (Å²) >= 11 is 0. The largest absolute Gasteiger partial charge is 0.468 e. The lowest BCUT2D eigenvalue weighted by Crippen LogP contribution is -2.35.